The second kappa shape index (κ2) is 10.0. The number of thiophene rings is 1. The zero-order valence-electron chi connectivity index (χ0n) is 15.2. The third-order valence-electron chi connectivity index (χ3n) is 4.64. The molecule has 0 saturated carbocycles. The van der Waals surface area contributed by atoms with Crippen LogP contribution < -0.4 is 10.6 Å². The number of thiocarbonyl (C=S) groups is 1. The van der Waals surface area contributed by atoms with E-state index in [1.54, 1.807) is 11.3 Å². The number of hydrogen-bond acceptors (Lipinski definition) is 4. The van der Waals surface area contributed by atoms with E-state index in [-0.39, 0.29) is 6.04 Å². The average molecular weight is 390 g/mol. The maximum absolute atomic E-state index is 5.56. The Balaban J connectivity index is 1.57. The van der Waals surface area contributed by atoms with Gasteiger partial charge in [-0.25, -0.2) is 0 Å². The van der Waals surface area contributed by atoms with E-state index in [0.29, 0.717) is 5.11 Å². The fourth-order valence-corrected chi connectivity index (χ4v) is 4.08. The van der Waals surface area contributed by atoms with Crippen molar-refractivity contribution in [3.05, 3.63) is 57.8 Å². The van der Waals surface area contributed by atoms with Crippen molar-refractivity contribution in [1.82, 2.24) is 15.5 Å². The Morgan fingerprint density at radius 2 is 2.00 bits per heavy atom. The SMILES string of the molecule is CCc1ccc([C@@H](NC(=S)NCCN2CCOCC2)c2cccs2)cc1. The first-order valence-electron chi connectivity index (χ1n) is 9.23. The number of nitrogens with zero attached hydrogens (tertiary/aromatic N) is 1. The van der Waals surface area contributed by atoms with E-state index in [2.05, 4.69) is 64.2 Å². The molecule has 1 atom stereocenters. The van der Waals surface area contributed by atoms with Crippen molar-refractivity contribution in [3.8, 4) is 0 Å². The largest absolute Gasteiger partial charge is 0.379 e. The number of morpholine rings is 1. The minimum atomic E-state index is 0.0873. The quantitative estimate of drug-likeness (QED) is 0.711. The average Bonchev–Trinajstić information content (AvgIpc) is 3.22. The first-order chi connectivity index (χ1) is 12.8. The Morgan fingerprint density at radius 1 is 1.23 bits per heavy atom. The molecular formula is C20H27N3OS2. The van der Waals surface area contributed by atoms with Crippen LogP contribution in [0, 0.1) is 0 Å². The van der Waals surface area contributed by atoms with Crippen molar-refractivity contribution in [2.45, 2.75) is 19.4 Å². The second-order valence-corrected chi connectivity index (χ2v) is 7.79. The molecule has 0 spiro atoms. The first kappa shape index (κ1) is 19.3. The number of rotatable bonds is 7. The van der Waals surface area contributed by atoms with Crippen molar-refractivity contribution in [2.24, 2.45) is 0 Å². The summed E-state index contributed by atoms with van der Waals surface area (Å²) in [5.74, 6) is 0. The smallest absolute Gasteiger partial charge is 0.167 e. The predicted octanol–water partition coefficient (Wildman–Crippen LogP) is 3.20. The van der Waals surface area contributed by atoms with Crippen LogP contribution in [0.1, 0.15) is 29.0 Å². The Kier molecular flexibility index (Phi) is 7.43. The molecule has 2 heterocycles. The molecule has 140 valence electrons. The Hall–Kier alpha value is -1.47. The van der Waals surface area contributed by atoms with Gasteiger partial charge in [-0.05, 0) is 41.2 Å². The summed E-state index contributed by atoms with van der Waals surface area (Å²) < 4.78 is 5.39. The summed E-state index contributed by atoms with van der Waals surface area (Å²) in [6, 6.07) is 13.1. The summed E-state index contributed by atoms with van der Waals surface area (Å²) in [5.41, 5.74) is 2.59. The lowest BCUT2D eigenvalue weighted by Gasteiger charge is -2.27. The monoisotopic (exact) mass is 389 g/mol. The van der Waals surface area contributed by atoms with E-state index in [0.717, 1.165) is 45.8 Å². The van der Waals surface area contributed by atoms with Gasteiger partial charge >= 0.3 is 0 Å². The minimum Gasteiger partial charge on any atom is -0.379 e. The van der Waals surface area contributed by atoms with Gasteiger partial charge in [0, 0.05) is 31.1 Å². The molecule has 0 unspecified atom stereocenters. The van der Waals surface area contributed by atoms with Crippen molar-refractivity contribution in [3.63, 3.8) is 0 Å². The lowest BCUT2D eigenvalue weighted by Crippen LogP contribution is -2.44. The lowest BCUT2D eigenvalue weighted by molar-refractivity contribution is 0.0389. The normalized spacial score (nSPS) is 16.2. The Labute approximate surface area is 165 Å². The van der Waals surface area contributed by atoms with Crippen LogP contribution in [0.25, 0.3) is 0 Å². The summed E-state index contributed by atoms with van der Waals surface area (Å²) in [7, 11) is 0. The van der Waals surface area contributed by atoms with Crippen molar-refractivity contribution < 1.29 is 4.74 Å². The van der Waals surface area contributed by atoms with Crippen LogP contribution in [0.2, 0.25) is 0 Å². The number of hydrogen-bond donors (Lipinski definition) is 2. The highest BCUT2D eigenvalue weighted by atomic mass is 32.1. The summed E-state index contributed by atoms with van der Waals surface area (Å²) in [4.78, 5) is 3.67. The van der Waals surface area contributed by atoms with Crippen molar-refractivity contribution in [1.29, 1.82) is 0 Å². The highest BCUT2D eigenvalue weighted by Gasteiger charge is 2.16. The van der Waals surface area contributed by atoms with Gasteiger partial charge < -0.3 is 15.4 Å². The van der Waals surface area contributed by atoms with Gasteiger partial charge in [-0.15, -0.1) is 11.3 Å². The molecule has 0 aliphatic carbocycles. The lowest BCUT2D eigenvalue weighted by atomic mass is 10.0. The molecule has 1 fully saturated rings. The number of benzene rings is 1. The van der Waals surface area contributed by atoms with E-state index in [9.17, 15) is 0 Å². The fraction of sp³-hybridized carbons (Fsp3) is 0.450. The zero-order chi connectivity index (χ0) is 18.2. The maximum atomic E-state index is 5.56. The molecule has 1 aliphatic heterocycles. The van der Waals surface area contributed by atoms with Gasteiger partial charge in [0.1, 0.15) is 0 Å². The summed E-state index contributed by atoms with van der Waals surface area (Å²) >= 11 is 7.31. The highest BCUT2D eigenvalue weighted by molar-refractivity contribution is 7.80. The number of nitrogens with one attached hydrogen (secondary N) is 2. The molecule has 1 aliphatic rings. The van der Waals surface area contributed by atoms with E-state index in [1.807, 2.05) is 0 Å². The van der Waals surface area contributed by atoms with Gasteiger partial charge in [-0.1, -0.05) is 37.3 Å². The summed E-state index contributed by atoms with van der Waals surface area (Å²) in [6.07, 6.45) is 1.05. The third kappa shape index (κ3) is 5.51. The Bertz CT molecular complexity index is 667. The summed E-state index contributed by atoms with van der Waals surface area (Å²) in [6.45, 7) is 7.68. The molecule has 0 bridgehead atoms. The molecular weight excluding hydrogens is 362 g/mol. The molecule has 4 nitrogen and oxygen atoms in total. The van der Waals surface area contributed by atoms with Gasteiger partial charge in [0.2, 0.25) is 0 Å². The minimum absolute atomic E-state index is 0.0873. The number of aryl methyl sites for hydroxylation is 1. The van der Waals surface area contributed by atoms with Crippen molar-refractivity contribution >= 4 is 28.7 Å². The van der Waals surface area contributed by atoms with Crippen LogP contribution in [-0.2, 0) is 11.2 Å². The zero-order valence-corrected chi connectivity index (χ0v) is 16.9. The molecule has 2 N–H and O–H groups in total. The van der Waals surface area contributed by atoms with E-state index < -0.39 is 0 Å². The van der Waals surface area contributed by atoms with Crippen LogP contribution in [0.5, 0.6) is 0 Å². The van der Waals surface area contributed by atoms with E-state index in [4.69, 9.17) is 17.0 Å². The van der Waals surface area contributed by atoms with Gasteiger partial charge in [0.25, 0.3) is 0 Å². The molecule has 0 amide bonds. The first-order valence-corrected chi connectivity index (χ1v) is 10.5. The van der Waals surface area contributed by atoms with Crippen LogP contribution in [0.4, 0.5) is 0 Å². The molecule has 0 radical (unpaired) electrons. The van der Waals surface area contributed by atoms with Crippen LogP contribution >= 0.6 is 23.6 Å². The fourth-order valence-electron chi connectivity index (χ4n) is 3.05. The molecule has 1 saturated heterocycles. The molecule has 2 aromatic rings. The van der Waals surface area contributed by atoms with Gasteiger partial charge in [0.15, 0.2) is 5.11 Å². The van der Waals surface area contributed by atoms with E-state index >= 15 is 0 Å². The maximum Gasteiger partial charge on any atom is 0.167 e. The number of ether oxygens (including phenoxy) is 1. The second-order valence-electron chi connectivity index (χ2n) is 6.40. The van der Waals surface area contributed by atoms with Gasteiger partial charge in [0.05, 0.1) is 19.3 Å². The van der Waals surface area contributed by atoms with Crippen molar-refractivity contribution in [2.75, 3.05) is 39.4 Å². The third-order valence-corrected chi connectivity index (χ3v) is 5.84. The van der Waals surface area contributed by atoms with Crippen LogP contribution in [-0.4, -0.2) is 49.4 Å². The molecule has 1 aromatic carbocycles. The van der Waals surface area contributed by atoms with Gasteiger partial charge in [-0.2, -0.15) is 0 Å². The molecule has 1 aromatic heterocycles. The van der Waals surface area contributed by atoms with Gasteiger partial charge in [-0.3, -0.25) is 4.90 Å². The standard InChI is InChI=1S/C20H27N3OS2/c1-2-16-5-7-17(8-6-16)19(18-4-3-15-26-18)22-20(25)21-9-10-23-11-13-24-14-12-23/h3-8,15,19H,2,9-14H2,1H3,(H2,21,22,25)/t19-/m1/s1. The topological polar surface area (TPSA) is 36.5 Å². The molecule has 6 heteroatoms. The highest BCUT2D eigenvalue weighted by Crippen LogP contribution is 2.26. The molecule has 26 heavy (non-hydrogen) atoms. The van der Waals surface area contributed by atoms with E-state index in [1.165, 1.54) is 16.0 Å². The molecule has 3 rings (SSSR count). The predicted molar refractivity (Wildman–Crippen MR) is 113 cm³/mol. The van der Waals surface area contributed by atoms with Crippen LogP contribution in [0.3, 0.4) is 0 Å². The summed E-state index contributed by atoms with van der Waals surface area (Å²) in [5, 5.41) is 9.67. The Morgan fingerprint density at radius 3 is 2.65 bits per heavy atom. The van der Waals surface area contributed by atoms with Crippen LogP contribution in [0.15, 0.2) is 41.8 Å².